The number of para-hydroxylation sites is 2. The van der Waals surface area contributed by atoms with E-state index in [9.17, 15) is 9.59 Å². The van der Waals surface area contributed by atoms with Crippen LogP contribution < -0.4 is 9.47 Å². The molecule has 0 saturated heterocycles. The van der Waals surface area contributed by atoms with E-state index in [1.54, 1.807) is 18.2 Å². The van der Waals surface area contributed by atoms with Gasteiger partial charge < -0.3 is 14.2 Å². The molecule has 1 fully saturated rings. The molecular formula is C18H20O5. The zero-order chi connectivity index (χ0) is 16.5. The number of terminal acetylenes is 1. The summed E-state index contributed by atoms with van der Waals surface area (Å²) in [6.45, 7) is -0.178. The fourth-order valence-corrected chi connectivity index (χ4v) is 2.63. The van der Waals surface area contributed by atoms with Crippen LogP contribution in [0.5, 0.6) is 11.5 Å². The summed E-state index contributed by atoms with van der Waals surface area (Å²) in [6.07, 6.45) is 10.1. The van der Waals surface area contributed by atoms with E-state index in [-0.39, 0.29) is 24.1 Å². The van der Waals surface area contributed by atoms with E-state index in [1.807, 2.05) is 0 Å². The third-order valence-corrected chi connectivity index (χ3v) is 3.77. The molecule has 122 valence electrons. The number of ether oxygens (including phenoxy) is 3. The van der Waals surface area contributed by atoms with Crippen LogP contribution in [0.25, 0.3) is 0 Å². The molecule has 0 heterocycles. The van der Waals surface area contributed by atoms with Crippen LogP contribution in [0.4, 0.5) is 4.79 Å². The third-order valence-electron chi connectivity index (χ3n) is 3.77. The van der Waals surface area contributed by atoms with E-state index < -0.39 is 6.16 Å². The van der Waals surface area contributed by atoms with Crippen molar-refractivity contribution in [2.24, 2.45) is 5.92 Å². The van der Waals surface area contributed by atoms with Gasteiger partial charge in [-0.2, -0.15) is 0 Å². The zero-order valence-corrected chi connectivity index (χ0v) is 13.0. The van der Waals surface area contributed by atoms with Crippen LogP contribution in [0.3, 0.4) is 0 Å². The van der Waals surface area contributed by atoms with Gasteiger partial charge in [-0.05, 0) is 24.5 Å². The van der Waals surface area contributed by atoms with Crippen molar-refractivity contribution in [1.82, 2.24) is 0 Å². The second-order valence-corrected chi connectivity index (χ2v) is 5.45. The average molecular weight is 316 g/mol. The molecule has 5 heteroatoms. The molecule has 0 aromatic heterocycles. The minimum Gasteiger partial charge on any atom is -0.423 e. The highest BCUT2D eigenvalue weighted by atomic mass is 16.7. The summed E-state index contributed by atoms with van der Waals surface area (Å²) < 4.78 is 14.9. The minimum atomic E-state index is -0.933. The fourth-order valence-electron chi connectivity index (χ4n) is 2.63. The van der Waals surface area contributed by atoms with Gasteiger partial charge >= 0.3 is 12.1 Å². The molecule has 0 N–H and O–H groups in total. The molecule has 23 heavy (non-hydrogen) atoms. The van der Waals surface area contributed by atoms with Crippen LogP contribution in [-0.4, -0.2) is 18.7 Å². The summed E-state index contributed by atoms with van der Waals surface area (Å²) in [5.74, 6) is 2.78. The zero-order valence-electron chi connectivity index (χ0n) is 13.0. The maximum absolute atomic E-state index is 12.0. The normalized spacial score (nSPS) is 14.0. The van der Waals surface area contributed by atoms with Gasteiger partial charge in [-0.25, -0.2) is 4.79 Å². The molecule has 5 nitrogen and oxygen atoms in total. The number of hydrogen-bond donors (Lipinski definition) is 0. The minimum absolute atomic E-state index is 0.128. The smallest absolute Gasteiger partial charge is 0.423 e. The molecular weight excluding hydrogens is 296 g/mol. The summed E-state index contributed by atoms with van der Waals surface area (Å²) in [5.41, 5.74) is 0. The first kappa shape index (κ1) is 16.9. The van der Waals surface area contributed by atoms with Crippen LogP contribution in [0.2, 0.25) is 0 Å². The van der Waals surface area contributed by atoms with Crippen LogP contribution in [0.1, 0.15) is 38.5 Å². The molecule has 0 spiro atoms. The Morgan fingerprint density at radius 1 is 1.13 bits per heavy atom. The molecule has 1 aromatic rings. The summed E-state index contributed by atoms with van der Waals surface area (Å²) >= 11 is 0. The van der Waals surface area contributed by atoms with Gasteiger partial charge in [-0.3, -0.25) is 4.79 Å². The molecule has 1 aliphatic rings. The Kier molecular flexibility index (Phi) is 6.49. The van der Waals surface area contributed by atoms with Gasteiger partial charge in [0.25, 0.3) is 0 Å². The highest BCUT2D eigenvalue weighted by molar-refractivity contribution is 5.74. The number of hydrogen-bond acceptors (Lipinski definition) is 5. The number of benzene rings is 1. The molecule has 0 atom stereocenters. The van der Waals surface area contributed by atoms with Gasteiger partial charge in [0.2, 0.25) is 0 Å². The summed E-state index contributed by atoms with van der Waals surface area (Å²) in [6, 6.07) is 6.45. The number of carbonyl (C=O) groups is 2. The molecule has 0 amide bonds. The predicted molar refractivity (Wildman–Crippen MR) is 84.1 cm³/mol. The molecule has 0 unspecified atom stereocenters. The lowest BCUT2D eigenvalue weighted by Gasteiger charge is -2.11. The van der Waals surface area contributed by atoms with Crippen molar-refractivity contribution in [3.8, 4) is 23.8 Å². The van der Waals surface area contributed by atoms with Crippen molar-refractivity contribution in [1.29, 1.82) is 0 Å². The Hall–Kier alpha value is -2.48. The van der Waals surface area contributed by atoms with E-state index >= 15 is 0 Å². The fraction of sp³-hybridized carbons (Fsp3) is 0.444. The maximum atomic E-state index is 12.0. The summed E-state index contributed by atoms with van der Waals surface area (Å²) in [7, 11) is 0. The number of rotatable bonds is 6. The predicted octanol–water partition coefficient (Wildman–Crippen LogP) is 3.71. The molecule has 1 aliphatic carbocycles. The molecule has 1 aromatic carbocycles. The highest BCUT2D eigenvalue weighted by Gasteiger charge is 2.18. The summed E-state index contributed by atoms with van der Waals surface area (Å²) in [5, 5.41) is 0. The van der Waals surface area contributed by atoms with Crippen LogP contribution in [-0.2, 0) is 9.53 Å². The molecule has 1 saturated carbocycles. The van der Waals surface area contributed by atoms with Crippen molar-refractivity contribution in [2.75, 3.05) is 6.61 Å². The van der Waals surface area contributed by atoms with E-state index in [2.05, 4.69) is 10.7 Å². The van der Waals surface area contributed by atoms with Gasteiger partial charge in [0.15, 0.2) is 18.1 Å². The van der Waals surface area contributed by atoms with Gasteiger partial charge in [-0.1, -0.05) is 43.7 Å². The summed E-state index contributed by atoms with van der Waals surface area (Å²) in [4.78, 5) is 23.4. The Labute approximate surface area is 135 Å². The first-order valence-electron chi connectivity index (χ1n) is 7.77. The van der Waals surface area contributed by atoms with E-state index in [0.29, 0.717) is 12.3 Å². The third kappa shape index (κ3) is 5.67. The van der Waals surface area contributed by atoms with E-state index in [1.165, 1.54) is 31.7 Å². The maximum Gasteiger partial charge on any atom is 0.514 e. The molecule has 0 bridgehead atoms. The Morgan fingerprint density at radius 2 is 1.78 bits per heavy atom. The Balaban J connectivity index is 1.87. The van der Waals surface area contributed by atoms with Crippen LogP contribution in [0, 0.1) is 18.3 Å². The number of esters is 1. The van der Waals surface area contributed by atoms with Crippen molar-refractivity contribution < 1.29 is 23.8 Å². The largest absolute Gasteiger partial charge is 0.514 e. The molecule has 0 aliphatic heterocycles. The van der Waals surface area contributed by atoms with Gasteiger partial charge in [0.1, 0.15) is 0 Å². The SMILES string of the molecule is C#CCOC(=O)Oc1ccccc1OC(=O)CCC1CCCC1. The van der Waals surface area contributed by atoms with Crippen molar-refractivity contribution in [3.05, 3.63) is 24.3 Å². The lowest BCUT2D eigenvalue weighted by atomic mass is 10.0. The highest BCUT2D eigenvalue weighted by Crippen LogP contribution is 2.30. The van der Waals surface area contributed by atoms with Crippen LogP contribution in [0.15, 0.2) is 24.3 Å². The first-order chi connectivity index (χ1) is 11.2. The molecule has 2 rings (SSSR count). The van der Waals surface area contributed by atoms with Gasteiger partial charge in [-0.15, -0.1) is 6.42 Å². The second-order valence-electron chi connectivity index (χ2n) is 5.45. The van der Waals surface area contributed by atoms with Crippen molar-refractivity contribution in [3.63, 3.8) is 0 Å². The van der Waals surface area contributed by atoms with Crippen molar-refractivity contribution in [2.45, 2.75) is 38.5 Å². The van der Waals surface area contributed by atoms with E-state index in [0.717, 1.165) is 6.42 Å². The van der Waals surface area contributed by atoms with Crippen LogP contribution >= 0.6 is 0 Å². The van der Waals surface area contributed by atoms with Crippen molar-refractivity contribution >= 4 is 12.1 Å². The lowest BCUT2D eigenvalue weighted by Crippen LogP contribution is -2.14. The standard InChI is InChI=1S/C18H20O5/c1-2-13-21-18(20)23-16-10-6-5-9-15(16)22-17(19)12-11-14-7-3-4-8-14/h1,5-6,9-10,14H,3-4,7-8,11-13H2. The molecule has 0 radical (unpaired) electrons. The Morgan fingerprint density at radius 3 is 2.43 bits per heavy atom. The quantitative estimate of drug-likeness (QED) is 0.346. The van der Waals surface area contributed by atoms with Gasteiger partial charge in [0.05, 0.1) is 0 Å². The van der Waals surface area contributed by atoms with Gasteiger partial charge in [0, 0.05) is 6.42 Å². The lowest BCUT2D eigenvalue weighted by molar-refractivity contribution is -0.134. The average Bonchev–Trinajstić information content (AvgIpc) is 3.06. The first-order valence-corrected chi connectivity index (χ1v) is 7.77. The number of carbonyl (C=O) groups excluding carboxylic acids is 2. The second kappa shape index (κ2) is 8.84. The Bertz CT molecular complexity index is 581. The monoisotopic (exact) mass is 316 g/mol. The topological polar surface area (TPSA) is 61.8 Å². The van der Waals surface area contributed by atoms with E-state index in [4.69, 9.17) is 15.9 Å².